The van der Waals surface area contributed by atoms with Crippen LogP contribution in [-0.4, -0.2) is 17.1 Å². The molecule has 0 bridgehead atoms. The smallest absolute Gasteiger partial charge is 0.250 e. The van der Waals surface area contributed by atoms with Gasteiger partial charge in [0.05, 0.1) is 6.10 Å². The molecule has 0 spiro atoms. The Morgan fingerprint density at radius 2 is 2.00 bits per heavy atom. The van der Waals surface area contributed by atoms with Gasteiger partial charge in [-0.3, -0.25) is 0 Å². The lowest BCUT2D eigenvalue weighted by molar-refractivity contribution is -0.0660. The van der Waals surface area contributed by atoms with Gasteiger partial charge in [-0.1, -0.05) is 0 Å². The minimum Gasteiger partial charge on any atom is -0.393 e. The van der Waals surface area contributed by atoms with E-state index in [1.807, 2.05) is 0 Å². The van der Waals surface area contributed by atoms with Gasteiger partial charge in [-0.2, -0.15) is 0 Å². The van der Waals surface area contributed by atoms with E-state index in [1.54, 1.807) is 0 Å². The molecule has 1 N–H and O–H groups in total. The summed E-state index contributed by atoms with van der Waals surface area (Å²) in [5.41, 5.74) is 0. The highest BCUT2D eigenvalue weighted by atomic mass is 19.3. The molecule has 2 fully saturated rings. The van der Waals surface area contributed by atoms with Crippen LogP contribution >= 0.6 is 0 Å². The van der Waals surface area contributed by atoms with Gasteiger partial charge < -0.3 is 5.11 Å². The summed E-state index contributed by atoms with van der Waals surface area (Å²) in [7, 11) is 0. The fraction of sp³-hybridized carbons (Fsp3) is 1.00. The van der Waals surface area contributed by atoms with Crippen LogP contribution < -0.4 is 0 Å². The van der Waals surface area contributed by atoms with Crippen molar-refractivity contribution in [2.45, 2.75) is 50.6 Å². The Morgan fingerprint density at radius 1 is 1.23 bits per heavy atom. The number of aliphatic hydroxyl groups is 1. The monoisotopic (exact) mass is 190 g/mol. The number of alkyl halides is 2. The fourth-order valence-electron chi connectivity index (χ4n) is 2.48. The summed E-state index contributed by atoms with van der Waals surface area (Å²) in [6.45, 7) is 0. The molecule has 2 aliphatic carbocycles. The topological polar surface area (TPSA) is 20.2 Å². The van der Waals surface area contributed by atoms with Crippen LogP contribution in [0.15, 0.2) is 0 Å². The molecular formula is C10H16F2O. The Labute approximate surface area is 77.1 Å². The van der Waals surface area contributed by atoms with E-state index in [-0.39, 0.29) is 18.4 Å². The molecule has 0 aromatic carbocycles. The normalized spacial score (nSPS) is 43.2. The van der Waals surface area contributed by atoms with Crippen molar-refractivity contribution < 1.29 is 13.9 Å². The molecule has 0 radical (unpaired) electrons. The van der Waals surface area contributed by atoms with E-state index < -0.39 is 11.8 Å². The van der Waals surface area contributed by atoms with Crippen molar-refractivity contribution in [1.29, 1.82) is 0 Å². The van der Waals surface area contributed by atoms with Crippen LogP contribution in [0.2, 0.25) is 0 Å². The van der Waals surface area contributed by atoms with E-state index in [0.29, 0.717) is 19.3 Å². The zero-order chi connectivity index (χ0) is 9.47. The van der Waals surface area contributed by atoms with Crippen LogP contribution in [0.3, 0.4) is 0 Å². The van der Waals surface area contributed by atoms with Gasteiger partial charge in [0.15, 0.2) is 0 Å². The van der Waals surface area contributed by atoms with Crippen LogP contribution in [0.1, 0.15) is 38.5 Å². The van der Waals surface area contributed by atoms with Crippen LogP contribution in [0, 0.1) is 11.8 Å². The van der Waals surface area contributed by atoms with Crippen molar-refractivity contribution >= 4 is 0 Å². The second-order valence-corrected chi connectivity index (χ2v) is 4.49. The maximum Gasteiger partial charge on any atom is 0.250 e. The van der Waals surface area contributed by atoms with Gasteiger partial charge in [0.2, 0.25) is 0 Å². The first-order chi connectivity index (χ1) is 6.09. The van der Waals surface area contributed by atoms with E-state index >= 15 is 0 Å². The molecule has 1 nitrogen and oxygen atoms in total. The summed E-state index contributed by atoms with van der Waals surface area (Å²) in [5.74, 6) is -2.74. The van der Waals surface area contributed by atoms with Crippen molar-refractivity contribution in [3.05, 3.63) is 0 Å². The molecule has 76 valence electrons. The van der Waals surface area contributed by atoms with E-state index in [9.17, 15) is 13.9 Å². The largest absolute Gasteiger partial charge is 0.393 e. The molecule has 0 aromatic heterocycles. The van der Waals surface area contributed by atoms with Crippen LogP contribution in [0.4, 0.5) is 8.78 Å². The number of hydrogen-bond acceptors (Lipinski definition) is 1. The standard InChI is InChI=1S/C10H16F2O/c11-10(12)5-1-2-8(10)6-7-3-4-9(7)13/h7-9,13H,1-6H2. The van der Waals surface area contributed by atoms with Crippen molar-refractivity contribution in [3.8, 4) is 0 Å². The first-order valence-corrected chi connectivity index (χ1v) is 5.15. The Bertz CT molecular complexity index is 193. The Kier molecular flexibility index (Phi) is 2.30. The average molecular weight is 190 g/mol. The minimum absolute atomic E-state index is 0.0560. The van der Waals surface area contributed by atoms with Gasteiger partial charge in [-0.15, -0.1) is 0 Å². The number of rotatable bonds is 2. The Hall–Kier alpha value is -0.180. The molecule has 3 atom stereocenters. The molecular weight excluding hydrogens is 174 g/mol. The lowest BCUT2D eigenvalue weighted by atomic mass is 9.75. The van der Waals surface area contributed by atoms with Gasteiger partial charge in [0.1, 0.15) is 0 Å². The van der Waals surface area contributed by atoms with Crippen LogP contribution in [0.25, 0.3) is 0 Å². The van der Waals surface area contributed by atoms with Crippen molar-refractivity contribution in [3.63, 3.8) is 0 Å². The van der Waals surface area contributed by atoms with E-state index in [4.69, 9.17) is 0 Å². The quantitative estimate of drug-likeness (QED) is 0.709. The first-order valence-electron chi connectivity index (χ1n) is 5.15. The lowest BCUT2D eigenvalue weighted by Gasteiger charge is -2.35. The molecule has 2 aliphatic rings. The highest BCUT2D eigenvalue weighted by molar-refractivity contribution is 4.90. The fourth-order valence-corrected chi connectivity index (χ4v) is 2.48. The van der Waals surface area contributed by atoms with Crippen molar-refractivity contribution in [1.82, 2.24) is 0 Å². The number of aliphatic hydroxyl groups excluding tert-OH is 1. The summed E-state index contributed by atoms with van der Waals surface area (Å²) >= 11 is 0. The van der Waals surface area contributed by atoms with Gasteiger partial charge in [-0.25, -0.2) is 8.78 Å². The van der Waals surface area contributed by atoms with Gasteiger partial charge in [0, 0.05) is 12.3 Å². The second kappa shape index (κ2) is 3.19. The summed E-state index contributed by atoms with van der Waals surface area (Å²) in [6.07, 6.45) is 3.35. The molecule has 13 heavy (non-hydrogen) atoms. The van der Waals surface area contributed by atoms with Gasteiger partial charge in [0.25, 0.3) is 5.92 Å². The lowest BCUT2D eigenvalue weighted by Crippen LogP contribution is -2.35. The van der Waals surface area contributed by atoms with Crippen LogP contribution in [-0.2, 0) is 0 Å². The summed E-state index contributed by atoms with van der Waals surface area (Å²) in [6, 6.07) is 0. The third-order valence-corrected chi connectivity index (χ3v) is 3.62. The summed E-state index contributed by atoms with van der Waals surface area (Å²) < 4.78 is 26.4. The van der Waals surface area contributed by atoms with Gasteiger partial charge in [-0.05, 0) is 38.0 Å². The van der Waals surface area contributed by atoms with E-state index in [2.05, 4.69) is 0 Å². The molecule has 2 saturated carbocycles. The van der Waals surface area contributed by atoms with E-state index in [1.165, 1.54) is 0 Å². The Balaban J connectivity index is 1.87. The summed E-state index contributed by atoms with van der Waals surface area (Å²) in [4.78, 5) is 0. The third kappa shape index (κ3) is 1.71. The average Bonchev–Trinajstić information content (AvgIpc) is 2.38. The molecule has 2 rings (SSSR count). The second-order valence-electron chi connectivity index (χ2n) is 4.49. The molecule has 3 heteroatoms. The molecule has 0 heterocycles. The van der Waals surface area contributed by atoms with E-state index in [0.717, 1.165) is 12.8 Å². The van der Waals surface area contributed by atoms with Crippen molar-refractivity contribution in [2.24, 2.45) is 11.8 Å². The third-order valence-electron chi connectivity index (χ3n) is 3.62. The zero-order valence-electron chi connectivity index (χ0n) is 7.68. The maximum atomic E-state index is 13.2. The number of hydrogen-bond donors (Lipinski definition) is 1. The molecule has 0 amide bonds. The predicted molar refractivity (Wildman–Crippen MR) is 45.6 cm³/mol. The Morgan fingerprint density at radius 3 is 2.38 bits per heavy atom. The molecule has 0 saturated heterocycles. The van der Waals surface area contributed by atoms with Crippen LogP contribution in [0.5, 0.6) is 0 Å². The maximum absolute atomic E-state index is 13.2. The first kappa shape index (κ1) is 9.38. The van der Waals surface area contributed by atoms with Gasteiger partial charge >= 0.3 is 0 Å². The summed E-state index contributed by atoms with van der Waals surface area (Å²) in [5, 5.41) is 9.29. The molecule has 0 aliphatic heterocycles. The predicted octanol–water partition coefficient (Wildman–Crippen LogP) is 2.58. The minimum atomic E-state index is -2.45. The SMILES string of the molecule is OC1CCC1CC1CCCC1(F)F. The number of halogens is 2. The molecule has 3 unspecified atom stereocenters. The highest BCUT2D eigenvalue weighted by Crippen LogP contribution is 2.46. The molecule has 0 aromatic rings. The highest BCUT2D eigenvalue weighted by Gasteiger charge is 2.46. The van der Waals surface area contributed by atoms with Crippen molar-refractivity contribution in [2.75, 3.05) is 0 Å². The zero-order valence-corrected chi connectivity index (χ0v) is 7.68.